The normalized spacial score (nSPS) is 11.9. The summed E-state index contributed by atoms with van der Waals surface area (Å²) in [5.74, 6) is -0.0865. The second kappa shape index (κ2) is 46.5. The Morgan fingerprint density at radius 1 is 0.328 bits per heavy atom. The van der Waals surface area contributed by atoms with Crippen LogP contribution in [0.2, 0.25) is 0 Å². The molecule has 0 aromatic rings. The van der Waals surface area contributed by atoms with E-state index in [9.17, 15) is 14.4 Å². The molecule has 6 heteroatoms. The monoisotopic (exact) mass is 821 g/mol. The Morgan fingerprint density at radius 3 is 0.845 bits per heavy atom. The highest BCUT2D eigenvalue weighted by atomic mass is 16.6. The summed E-state index contributed by atoms with van der Waals surface area (Å²) in [6.07, 6.45) is 48.2. The molecule has 344 valence electrons. The van der Waals surface area contributed by atoms with Gasteiger partial charge in [0.2, 0.25) is 0 Å². The van der Waals surface area contributed by atoms with E-state index < -0.39 is 6.10 Å². The van der Waals surface area contributed by atoms with Crippen molar-refractivity contribution in [3.8, 4) is 0 Å². The van der Waals surface area contributed by atoms with E-state index in [2.05, 4.69) is 27.7 Å². The number of unbranched alkanes of at least 4 members (excludes halogenated alkanes) is 34. The highest BCUT2D eigenvalue weighted by molar-refractivity contribution is 5.71. The zero-order chi connectivity index (χ0) is 42.4. The second-order valence-corrected chi connectivity index (χ2v) is 18.3. The third-order valence-corrected chi connectivity index (χ3v) is 11.8. The van der Waals surface area contributed by atoms with Crippen molar-refractivity contribution >= 4 is 17.9 Å². The maximum atomic E-state index is 12.8. The largest absolute Gasteiger partial charge is 0.462 e. The maximum absolute atomic E-state index is 12.8. The zero-order valence-corrected chi connectivity index (χ0v) is 39.5. The molecule has 0 aliphatic carbocycles. The molecule has 0 aromatic carbocycles. The van der Waals surface area contributed by atoms with Crippen LogP contribution in [-0.4, -0.2) is 37.2 Å². The van der Waals surface area contributed by atoms with Crippen LogP contribution in [0, 0.1) is 5.92 Å². The zero-order valence-electron chi connectivity index (χ0n) is 39.5. The van der Waals surface area contributed by atoms with E-state index in [1.807, 2.05) is 0 Å². The summed E-state index contributed by atoms with van der Waals surface area (Å²) in [5.41, 5.74) is 0. The smallest absolute Gasteiger partial charge is 0.306 e. The average molecular weight is 821 g/mol. The highest BCUT2D eigenvalue weighted by Gasteiger charge is 2.19. The summed E-state index contributed by atoms with van der Waals surface area (Å²) in [4.78, 5) is 37.8. The summed E-state index contributed by atoms with van der Waals surface area (Å²) < 4.78 is 16.8. The van der Waals surface area contributed by atoms with Crippen molar-refractivity contribution in [3.05, 3.63) is 0 Å². The first kappa shape index (κ1) is 56.4. The highest BCUT2D eigenvalue weighted by Crippen LogP contribution is 2.17. The molecule has 6 nitrogen and oxygen atoms in total. The fourth-order valence-electron chi connectivity index (χ4n) is 7.86. The van der Waals surface area contributed by atoms with E-state index in [0.717, 1.165) is 63.7 Å². The van der Waals surface area contributed by atoms with Gasteiger partial charge in [-0.15, -0.1) is 0 Å². The topological polar surface area (TPSA) is 78.9 Å². The van der Waals surface area contributed by atoms with E-state index in [0.29, 0.717) is 19.3 Å². The van der Waals surface area contributed by atoms with Crippen molar-refractivity contribution in [3.63, 3.8) is 0 Å². The summed E-state index contributed by atoms with van der Waals surface area (Å²) in [7, 11) is 0. The standard InChI is InChI=1S/C52H100O6/c1-5-7-9-11-13-15-17-19-20-21-22-23-25-27-29-31-37-41-45-52(55)58-49(47-57-51(54)44-40-36-33-32-34-38-42-48(3)4)46-56-50(53)43-39-35-30-28-26-24-18-16-14-12-10-8-6-2/h48-49H,5-47H2,1-4H3/t49-/m0/s1. The van der Waals surface area contributed by atoms with Crippen LogP contribution < -0.4 is 0 Å². The van der Waals surface area contributed by atoms with E-state index in [4.69, 9.17) is 14.2 Å². The molecule has 0 saturated heterocycles. The summed E-state index contributed by atoms with van der Waals surface area (Å²) in [6.45, 7) is 8.96. The van der Waals surface area contributed by atoms with Crippen LogP contribution in [0.3, 0.4) is 0 Å². The lowest BCUT2D eigenvalue weighted by Gasteiger charge is -2.18. The van der Waals surface area contributed by atoms with Gasteiger partial charge in [0.1, 0.15) is 13.2 Å². The van der Waals surface area contributed by atoms with Crippen LogP contribution in [0.25, 0.3) is 0 Å². The van der Waals surface area contributed by atoms with E-state index in [1.165, 1.54) is 186 Å². The Kier molecular flexibility index (Phi) is 45.2. The minimum atomic E-state index is -0.761. The summed E-state index contributed by atoms with van der Waals surface area (Å²) in [5, 5.41) is 0. The molecule has 0 amide bonds. The van der Waals surface area contributed by atoms with E-state index in [1.54, 1.807) is 0 Å². The Balaban J connectivity index is 4.25. The molecule has 0 spiro atoms. The molecule has 0 bridgehead atoms. The van der Waals surface area contributed by atoms with Crippen molar-refractivity contribution in [1.82, 2.24) is 0 Å². The lowest BCUT2D eigenvalue weighted by Crippen LogP contribution is -2.30. The molecular weight excluding hydrogens is 721 g/mol. The summed E-state index contributed by atoms with van der Waals surface area (Å²) >= 11 is 0. The van der Waals surface area contributed by atoms with Crippen molar-refractivity contribution < 1.29 is 28.6 Å². The lowest BCUT2D eigenvalue weighted by atomic mass is 10.0. The summed E-state index contributed by atoms with van der Waals surface area (Å²) in [6, 6.07) is 0. The first-order valence-electron chi connectivity index (χ1n) is 25.9. The van der Waals surface area contributed by atoms with Gasteiger partial charge in [-0.1, -0.05) is 252 Å². The fourth-order valence-corrected chi connectivity index (χ4v) is 7.86. The first-order chi connectivity index (χ1) is 28.4. The van der Waals surface area contributed by atoms with Crippen LogP contribution in [-0.2, 0) is 28.6 Å². The quantitative estimate of drug-likeness (QED) is 0.0346. The number of carbonyl (C=O) groups excluding carboxylic acids is 3. The second-order valence-electron chi connectivity index (χ2n) is 18.3. The van der Waals surface area contributed by atoms with Crippen LogP contribution in [0.5, 0.6) is 0 Å². The van der Waals surface area contributed by atoms with E-state index in [-0.39, 0.29) is 31.1 Å². The maximum Gasteiger partial charge on any atom is 0.306 e. The van der Waals surface area contributed by atoms with Crippen LogP contribution in [0.1, 0.15) is 291 Å². The van der Waals surface area contributed by atoms with Gasteiger partial charge in [0.05, 0.1) is 0 Å². The van der Waals surface area contributed by atoms with Gasteiger partial charge in [0.15, 0.2) is 6.10 Å². The van der Waals surface area contributed by atoms with Crippen LogP contribution in [0.15, 0.2) is 0 Å². The van der Waals surface area contributed by atoms with Crippen molar-refractivity contribution in [2.75, 3.05) is 13.2 Å². The molecule has 1 atom stereocenters. The molecule has 0 fully saturated rings. The van der Waals surface area contributed by atoms with Gasteiger partial charge < -0.3 is 14.2 Å². The molecule has 0 N–H and O–H groups in total. The predicted molar refractivity (Wildman–Crippen MR) is 247 cm³/mol. The molecule has 58 heavy (non-hydrogen) atoms. The Morgan fingerprint density at radius 2 is 0.569 bits per heavy atom. The van der Waals surface area contributed by atoms with Crippen LogP contribution in [0.4, 0.5) is 0 Å². The molecular formula is C52H100O6. The fraction of sp³-hybridized carbons (Fsp3) is 0.942. The molecule has 0 aromatic heterocycles. The number of hydrogen-bond acceptors (Lipinski definition) is 6. The third-order valence-electron chi connectivity index (χ3n) is 11.8. The third kappa shape index (κ3) is 45.5. The SMILES string of the molecule is CCCCCCCCCCCCCCCCCCCCC(=O)O[C@@H](COC(=O)CCCCCCCCCCCCCCC)COC(=O)CCCCCCCCC(C)C. The predicted octanol–water partition coefficient (Wildman–Crippen LogP) is 16.7. The molecule has 0 unspecified atom stereocenters. The lowest BCUT2D eigenvalue weighted by molar-refractivity contribution is -0.167. The first-order valence-corrected chi connectivity index (χ1v) is 25.9. The van der Waals surface area contributed by atoms with Gasteiger partial charge in [0.25, 0.3) is 0 Å². The molecule has 0 heterocycles. The molecule has 0 radical (unpaired) electrons. The Hall–Kier alpha value is -1.59. The van der Waals surface area contributed by atoms with Crippen LogP contribution >= 0.6 is 0 Å². The van der Waals surface area contributed by atoms with Crippen molar-refractivity contribution in [2.45, 2.75) is 297 Å². The van der Waals surface area contributed by atoms with Gasteiger partial charge in [-0.2, -0.15) is 0 Å². The van der Waals surface area contributed by atoms with Gasteiger partial charge in [-0.3, -0.25) is 14.4 Å². The molecule has 0 aliphatic rings. The van der Waals surface area contributed by atoms with Gasteiger partial charge in [-0.25, -0.2) is 0 Å². The van der Waals surface area contributed by atoms with Crippen molar-refractivity contribution in [1.29, 1.82) is 0 Å². The minimum Gasteiger partial charge on any atom is -0.462 e. The number of carbonyl (C=O) groups is 3. The minimum absolute atomic E-state index is 0.0637. The Bertz CT molecular complexity index is 872. The van der Waals surface area contributed by atoms with Gasteiger partial charge in [0, 0.05) is 19.3 Å². The molecule has 0 aliphatic heterocycles. The number of rotatable bonds is 47. The average Bonchev–Trinajstić information content (AvgIpc) is 3.21. The van der Waals surface area contributed by atoms with E-state index >= 15 is 0 Å². The molecule has 0 saturated carbocycles. The molecule has 0 rings (SSSR count). The number of ether oxygens (including phenoxy) is 3. The van der Waals surface area contributed by atoms with Crippen molar-refractivity contribution in [2.24, 2.45) is 5.92 Å². The number of esters is 3. The van der Waals surface area contributed by atoms with Gasteiger partial charge >= 0.3 is 17.9 Å². The Labute approximate surface area is 361 Å². The van der Waals surface area contributed by atoms with Gasteiger partial charge in [-0.05, 0) is 25.2 Å². The number of hydrogen-bond donors (Lipinski definition) is 0.